The van der Waals surface area contributed by atoms with Gasteiger partial charge in [-0.3, -0.25) is 0 Å². The van der Waals surface area contributed by atoms with Gasteiger partial charge in [-0.05, 0) is 10.1 Å². The second kappa shape index (κ2) is 5.87. The van der Waals surface area contributed by atoms with Crippen molar-refractivity contribution >= 4 is 24.1 Å². The molecule has 0 atom stereocenters. The lowest BCUT2D eigenvalue weighted by atomic mass is 11.6. The third-order valence-corrected chi connectivity index (χ3v) is 0.966. The predicted octanol–water partition coefficient (Wildman–Crippen LogP) is 3.13. The molecule has 4 nitrogen and oxygen atoms in total. The highest BCUT2D eigenvalue weighted by Gasteiger charge is 2.33. The van der Waals surface area contributed by atoms with E-state index in [2.05, 4.69) is 18.7 Å². The van der Waals surface area contributed by atoms with Crippen LogP contribution < -0.4 is 0 Å². The van der Waals surface area contributed by atoms with E-state index in [1.54, 1.807) is 0 Å². The van der Waals surface area contributed by atoms with Crippen LogP contribution in [-0.4, -0.2) is 11.0 Å². The minimum atomic E-state index is -4.76. The van der Waals surface area contributed by atoms with Crippen LogP contribution in [0.15, 0.2) is 0 Å². The summed E-state index contributed by atoms with van der Waals surface area (Å²) in [5.74, 6) is 0. The highest BCUT2D eigenvalue weighted by molar-refractivity contribution is 7.95. The first-order chi connectivity index (χ1) is 6.21. The third kappa shape index (κ3) is 12.1. The summed E-state index contributed by atoms with van der Waals surface area (Å²) in [5.41, 5.74) is -9.53. The van der Waals surface area contributed by atoms with Crippen molar-refractivity contribution in [3.05, 3.63) is 0 Å². The molecule has 0 saturated carbocycles. The quantitative estimate of drug-likeness (QED) is 0.250. The highest BCUT2D eigenvalue weighted by atomic mass is 32.2. The molecule has 0 N–H and O–H groups in total. The van der Waals surface area contributed by atoms with Crippen molar-refractivity contribution in [1.29, 1.82) is 0 Å². The van der Waals surface area contributed by atoms with Gasteiger partial charge in [0.15, 0.2) is 0 Å². The van der Waals surface area contributed by atoms with E-state index in [-0.39, 0.29) is 0 Å². The van der Waals surface area contributed by atoms with E-state index >= 15 is 0 Å². The Morgan fingerprint density at radius 3 is 1.14 bits per heavy atom. The smallest absolute Gasteiger partial charge is 0.158 e. The number of hydrogen-bond donors (Lipinski definition) is 0. The molecule has 0 amide bonds. The summed E-state index contributed by atoms with van der Waals surface area (Å²) in [6.45, 7) is 0. The normalized spacial score (nSPS) is 13.3. The molecule has 0 aliphatic carbocycles. The van der Waals surface area contributed by atoms with Gasteiger partial charge in [0.2, 0.25) is 0 Å². The van der Waals surface area contributed by atoms with Crippen LogP contribution in [0.2, 0.25) is 0 Å². The van der Waals surface area contributed by atoms with Crippen LogP contribution in [0.4, 0.5) is 26.3 Å². The standard InChI is InChI=1S/C2F6O4S2/c3-1(4,5)13-11-9-10-12-14-2(6,7)8. The molecule has 0 fully saturated rings. The van der Waals surface area contributed by atoms with Crippen molar-refractivity contribution < 1.29 is 45.1 Å². The monoisotopic (exact) mass is 266 g/mol. The van der Waals surface area contributed by atoms with Crippen LogP contribution in [0.1, 0.15) is 0 Å². The number of hydrogen-bond acceptors (Lipinski definition) is 6. The summed E-state index contributed by atoms with van der Waals surface area (Å²) in [7, 11) is 0. The molecule has 0 aliphatic heterocycles. The van der Waals surface area contributed by atoms with Crippen LogP contribution >= 0.6 is 24.1 Å². The van der Waals surface area contributed by atoms with E-state index < -0.39 is 35.1 Å². The van der Waals surface area contributed by atoms with Gasteiger partial charge in [-0.15, -0.1) is 8.67 Å². The van der Waals surface area contributed by atoms with Gasteiger partial charge in [-0.1, -0.05) is 0 Å². The number of alkyl halides is 6. The molecule has 0 rings (SSSR count). The lowest BCUT2D eigenvalue weighted by Crippen LogP contribution is -2.04. The van der Waals surface area contributed by atoms with E-state index in [0.717, 1.165) is 0 Å². The number of halogens is 6. The molecule has 0 aromatic heterocycles. The minimum Gasteiger partial charge on any atom is -0.158 e. The lowest BCUT2D eigenvalue weighted by molar-refractivity contribution is -0.571. The zero-order valence-electron chi connectivity index (χ0n) is 5.72. The van der Waals surface area contributed by atoms with Crippen LogP contribution in [0.3, 0.4) is 0 Å². The first kappa shape index (κ1) is 14.1. The Labute approximate surface area is 81.0 Å². The zero-order valence-corrected chi connectivity index (χ0v) is 7.35. The second-order valence-electron chi connectivity index (χ2n) is 1.33. The molecule has 86 valence electrons. The fraction of sp³-hybridized carbons (Fsp3) is 1.00. The van der Waals surface area contributed by atoms with Gasteiger partial charge < -0.3 is 0 Å². The molecule has 0 unspecified atom stereocenters. The van der Waals surface area contributed by atoms with Crippen molar-refractivity contribution in [3.8, 4) is 0 Å². The van der Waals surface area contributed by atoms with Gasteiger partial charge >= 0.3 is 11.0 Å². The molecule has 0 spiro atoms. The molecule has 0 saturated heterocycles. The number of rotatable bonds is 5. The Kier molecular flexibility index (Phi) is 5.92. The van der Waals surface area contributed by atoms with Crippen molar-refractivity contribution in [3.63, 3.8) is 0 Å². The van der Waals surface area contributed by atoms with Gasteiger partial charge in [0.1, 0.15) is 24.1 Å². The molecule has 0 radical (unpaired) electrons. The lowest BCUT2D eigenvalue weighted by Gasteiger charge is -2.03. The topological polar surface area (TPSA) is 36.9 Å². The van der Waals surface area contributed by atoms with E-state index in [0.29, 0.717) is 0 Å². The summed E-state index contributed by atoms with van der Waals surface area (Å²) in [5, 5.41) is 6.21. The maximum atomic E-state index is 11.2. The van der Waals surface area contributed by atoms with Gasteiger partial charge in [0.25, 0.3) is 0 Å². The third-order valence-electron chi connectivity index (χ3n) is 0.340. The van der Waals surface area contributed by atoms with Gasteiger partial charge in [-0.2, -0.15) is 26.3 Å². The van der Waals surface area contributed by atoms with Crippen molar-refractivity contribution in [1.82, 2.24) is 0 Å². The maximum absolute atomic E-state index is 11.2. The van der Waals surface area contributed by atoms with Crippen LogP contribution in [0, 0.1) is 0 Å². The van der Waals surface area contributed by atoms with E-state index in [4.69, 9.17) is 0 Å². The highest BCUT2D eigenvalue weighted by Crippen LogP contribution is 2.33. The van der Waals surface area contributed by atoms with E-state index in [1.165, 1.54) is 0 Å². The van der Waals surface area contributed by atoms with Crippen LogP contribution in [0.25, 0.3) is 0 Å². The zero-order chi connectivity index (χ0) is 11.2. The summed E-state index contributed by atoms with van der Waals surface area (Å²) in [6, 6.07) is 0. The van der Waals surface area contributed by atoms with Crippen molar-refractivity contribution in [2.75, 3.05) is 0 Å². The average Bonchev–Trinajstić information content (AvgIpc) is 1.92. The largest absolute Gasteiger partial charge is 0.471 e. The van der Waals surface area contributed by atoms with Crippen LogP contribution in [-0.2, 0) is 18.7 Å². The average molecular weight is 266 g/mol. The second-order valence-corrected chi connectivity index (χ2v) is 2.86. The SMILES string of the molecule is FC(F)(F)SOOOOSC(F)(F)F. The molecule has 0 aromatic carbocycles. The molecule has 0 heterocycles. The summed E-state index contributed by atoms with van der Waals surface area (Å²) in [6.07, 6.45) is 0. The molecular weight excluding hydrogens is 266 g/mol. The molecule has 0 bridgehead atoms. The summed E-state index contributed by atoms with van der Waals surface area (Å²) >= 11 is -2.25. The van der Waals surface area contributed by atoms with Gasteiger partial charge in [0.05, 0.1) is 0 Å². The molecule has 0 aliphatic rings. The Balaban J connectivity index is 3.23. The van der Waals surface area contributed by atoms with E-state index in [1.807, 2.05) is 0 Å². The Hall–Kier alpha value is 0.120. The first-order valence-electron chi connectivity index (χ1n) is 2.38. The van der Waals surface area contributed by atoms with Crippen molar-refractivity contribution in [2.45, 2.75) is 11.0 Å². The van der Waals surface area contributed by atoms with Gasteiger partial charge in [-0.25, -0.2) is 0 Å². The Morgan fingerprint density at radius 2 is 0.929 bits per heavy atom. The molecule has 14 heavy (non-hydrogen) atoms. The molecular formula is C2F6O4S2. The van der Waals surface area contributed by atoms with E-state index in [9.17, 15) is 26.3 Å². The maximum Gasteiger partial charge on any atom is 0.471 e. The minimum absolute atomic E-state index is 1.13. The Morgan fingerprint density at radius 1 is 0.643 bits per heavy atom. The fourth-order valence-electron chi connectivity index (χ4n) is 0.128. The van der Waals surface area contributed by atoms with Crippen LogP contribution in [0.5, 0.6) is 0 Å². The first-order valence-corrected chi connectivity index (χ1v) is 3.86. The van der Waals surface area contributed by atoms with Crippen molar-refractivity contribution in [2.24, 2.45) is 0 Å². The molecule has 12 heteroatoms. The predicted molar refractivity (Wildman–Crippen MR) is 31.6 cm³/mol. The van der Waals surface area contributed by atoms with Gasteiger partial charge in [0, 0.05) is 0 Å². The summed E-state index contributed by atoms with van der Waals surface area (Å²) in [4.78, 5) is 0. The Bertz CT molecular complexity index is 139. The molecule has 0 aromatic rings. The fourth-order valence-corrected chi connectivity index (χ4v) is 0.383. The summed E-state index contributed by atoms with van der Waals surface area (Å²) < 4.78 is 73.7.